The Morgan fingerprint density at radius 3 is 2.40 bits per heavy atom. The van der Waals surface area contributed by atoms with Gasteiger partial charge in [-0.1, -0.05) is 54.6 Å². The fourth-order valence-corrected chi connectivity index (χ4v) is 3.17. The first-order valence-electron chi connectivity index (χ1n) is 7.10. The molecule has 0 aromatic heterocycles. The van der Waals surface area contributed by atoms with Crippen LogP contribution in [0.5, 0.6) is 0 Å². The van der Waals surface area contributed by atoms with E-state index < -0.39 is 11.8 Å². The molecular weight excluding hydrogens is 251 g/mol. The Bertz CT molecular complexity index is 593. The smallest absolute Gasteiger partial charge is 0.150 e. The maximum atomic E-state index is 15.0. The van der Waals surface area contributed by atoms with Gasteiger partial charge in [0.2, 0.25) is 0 Å². The Hall–Kier alpha value is -1.67. The molecule has 20 heavy (non-hydrogen) atoms. The van der Waals surface area contributed by atoms with E-state index in [4.69, 9.17) is 4.74 Å². The maximum Gasteiger partial charge on any atom is 0.150 e. The van der Waals surface area contributed by atoms with Crippen molar-refractivity contribution in [2.24, 2.45) is 0 Å². The van der Waals surface area contributed by atoms with Crippen molar-refractivity contribution in [2.75, 3.05) is 0 Å². The highest BCUT2D eigenvalue weighted by Gasteiger charge is 2.50. The summed E-state index contributed by atoms with van der Waals surface area (Å²) >= 11 is 0. The molecule has 0 aliphatic heterocycles. The Morgan fingerprint density at radius 2 is 1.70 bits per heavy atom. The average Bonchev–Trinajstić information content (AvgIpc) is 2.73. The predicted octanol–water partition coefficient (Wildman–Crippen LogP) is 4.25. The molecule has 2 heteroatoms. The number of ether oxygens (including phenoxy) is 1. The quantitative estimate of drug-likeness (QED) is 0.810. The zero-order chi connectivity index (χ0) is 14.2. The van der Waals surface area contributed by atoms with E-state index in [1.807, 2.05) is 68.4 Å². The molecule has 0 bridgehead atoms. The maximum absolute atomic E-state index is 15.0. The second-order valence-corrected chi connectivity index (χ2v) is 5.60. The lowest BCUT2D eigenvalue weighted by molar-refractivity contribution is -0.0940. The molecule has 0 amide bonds. The summed E-state index contributed by atoms with van der Waals surface area (Å²) in [6.45, 7) is 3.91. The first kappa shape index (κ1) is 13.3. The van der Waals surface area contributed by atoms with E-state index in [1.54, 1.807) is 0 Å². The van der Waals surface area contributed by atoms with Gasteiger partial charge in [-0.2, -0.15) is 0 Å². The third kappa shape index (κ3) is 1.95. The molecule has 1 aliphatic rings. The van der Waals surface area contributed by atoms with Crippen LogP contribution in [0.1, 0.15) is 30.5 Å². The van der Waals surface area contributed by atoms with Crippen molar-refractivity contribution in [1.82, 2.24) is 0 Å². The van der Waals surface area contributed by atoms with Crippen molar-refractivity contribution in [3.8, 4) is 0 Å². The highest BCUT2D eigenvalue weighted by molar-refractivity contribution is 5.47. The molecule has 0 unspecified atom stereocenters. The van der Waals surface area contributed by atoms with Gasteiger partial charge >= 0.3 is 0 Å². The molecule has 1 nitrogen and oxygen atoms in total. The molecule has 0 saturated carbocycles. The zero-order valence-corrected chi connectivity index (χ0v) is 11.8. The lowest BCUT2D eigenvalue weighted by Crippen LogP contribution is -2.39. The fourth-order valence-electron chi connectivity index (χ4n) is 3.17. The molecule has 3 rings (SSSR count). The van der Waals surface area contributed by atoms with Gasteiger partial charge in [-0.25, -0.2) is 4.39 Å². The third-order valence-corrected chi connectivity index (χ3v) is 3.88. The highest BCUT2D eigenvalue weighted by atomic mass is 19.1. The topological polar surface area (TPSA) is 9.23 Å². The molecule has 0 saturated heterocycles. The van der Waals surface area contributed by atoms with Gasteiger partial charge in [-0.15, -0.1) is 0 Å². The van der Waals surface area contributed by atoms with Crippen LogP contribution in [0.15, 0.2) is 54.6 Å². The summed E-state index contributed by atoms with van der Waals surface area (Å²) in [5.41, 5.74) is 1.94. The van der Waals surface area contributed by atoms with Crippen molar-refractivity contribution >= 4 is 0 Å². The van der Waals surface area contributed by atoms with E-state index in [0.717, 1.165) is 16.7 Å². The van der Waals surface area contributed by atoms with Crippen LogP contribution in [-0.2, 0) is 16.8 Å². The summed E-state index contributed by atoms with van der Waals surface area (Å²) in [5.74, 6) is 0. The van der Waals surface area contributed by atoms with Crippen LogP contribution in [0.4, 0.5) is 4.39 Å². The highest BCUT2D eigenvalue weighted by Crippen LogP contribution is 2.47. The summed E-state index contributed by atoms with van der Waals surface area (Å²) in [5, 5.41) is 0. The van der Waals surface area contributed by atoms with Crippen LogP contribution in [0.3, 0.4) is 0 Å². The van der Waals surface area contributed by atoms with Gasteiger partial charge in [0.05, 0.1) is 6.10 Å². The number of benzene rings is 2. The van der Waals surface area contributed by atoms with E-state index in [1.165, 1.54) is 0 Å². The van der Waals surface area contributed by atoms with Crippen LogP contribution >= 0.6 is 0 Å². The number of hydrogen-bond donors (Lipinski definition) is 0. The van der Waals surface area contributed by atoms with Gasteiger partial charge in [-0.05, 0) is 30.5 Å². The van der Waals surface area contributed by atoms with Gasteiger partial charge < -0.3 is 4.74 Å². The largest absolute Gasteiger partial charge is 0.360 e. The molecule has 2 atom stereocenters. The van der Waals surface area contributed by atoms with Gasteiger partial charge in [0, 0.05) is 6.42 Å². The molecule has 2 aromatic rings. The van der Waals surface area contributed by atoms with Crippen molar-refractivity contribution in [3.63, 3.8) is 0 Å². The predicted molar refractivity (Wildman–Crippen MR) is 78.5 cm³/mol. The summed E-state index contributed by atoms with van der Waals surface area (Å²) in [4.78, 5) is 0. The van der Waals surface area contributed by atoms with E-state index in [0.29, 0.717) is 6.42 Å². The first-order valence-corrected chi connectivity index (χ1v) is 7.10. The minimum atomic E-state index is -1.05. The Morgan fingerprint density at radius 1 is 1.05 bits per heavy atom. The average molecular weight is 270 g/mol. The molecular formula is C18H19FO. The summed E-state index contributed by atoms with van der Waals surface area (Å²) in [6, 6.07) is 17.6. The van der Waals surface area contributed by atoms with E-state index >= 15 is 0 Å². The van der Waals surface area contributed by atoms with Gasteiger partial charge in [-0.3, -0.25) is 0 Å². The molecule has 0 spiro atoms. The fraction of sp³-hybridized carbons (Fsp3) is 0.333. The third-order valence-electron chi connectivity index (χ3n) is 3.88. The van der Waals surface area contributed by atoms with Gasteiger partial charge in [0.15, 0.2) is 5.60 Å². The Kier molecular flexibility index (Phi) is 3.35. The molecule has 1 aliphatic carbocycles. The SMILES string of the molecule is CC(C)O[C@]1(c2ccccc2)c2ccccc2C[C@@H]1F. The summed E-state index contributed by atoms with van der Waals surface area (Å²) in [6.07, 6.45) is -0.679. The number of rotatable bonds is 3. The second kappa shape index (κ2) is 5.02. The lowest BCUT2D eigenvalue weighted by atomic mass is 9.86. The normalized spacial score (nSPS) is 24.9. The molecule has 0 heterocycles. The number of halogens is 1. The molecule has 0 N–H and O–H groups in total. The molecule has 104 valence electrons. The van der Waals surface area contributed by atoms with Crippen LogP contribution in [0, 0.1) is 0 Å². The number of alkyl halides is 1. The minimum absolute atomic E-state index is 0.0420. The van der Waals surface area contributed by atoms with Gasteiger partial charge in [0.25, 0.3) is 0 Å². The van der Waals surface area contributed by atoms with E-state index in [-0.39, 0.29) is 6.10 Å². The van der Waals surface area contributed by atoms with Gasteiger partial charge in [0.1, 0.15) is 6.17 Å². The number of hydrogen-bond acceptors (Lipinski definition) is 1. The Balaban J connectivity index is 2.21. The van der Waals surface area contributed by atoms with Crippen LogP contribution in [-0.4, -0.2) is 12.3 Å². The monoisotopic (exact) mass is 270 g/mol. The summed E-state index contributed by atoms with van der Waals surface area (Å²) in [7, 11) is 0. The molecule has 0 fully saturated rings. The lowest BCUT2D eigenvalue weighted by Gasteiger charge is -2.35. The minimum Gasteiger partial charge on any atom is -0.360 e. The number of fused-ring (bicyclic) bond motifs is 1. The Labute approximate surface area is 119 Å². The van der Waals surface area contributed by atoms with Crippen LogP contribution in [0.2, 0.25) is 0 Å². The van der Waals surface area contributed by atoms with Crippen LogP contribution < -0.4 is 0 Å². The zero-order valence-electron chi connectivity index (χ0n) is 11.8. The molecule has 2 aromatic carbocycles. The van der Waals surface area contributed by atoms with Crippen molar-refractivity contribution < 1.29 is 9.13 Å². The summed E-state index contributed by atoms with van der Waals surface area (Å²) < 4.78 is 21.1. The molecule has 0 radical (unpaired) electrons. The van der Waals surface area contributed by atoms with Crippen molar-refractivity contribution in [2.45, 2.75) is 38.1 Å². The van der Waals surface area contributed by atoms with E-state index in [9.17, 15) is 4.39 Å². The first-order chi connectivity index (χ1) is 9.64. The second-order valence-electron chi connectivity index (χ2n) is 5.60. The van der Waals surface area contributed by atoms with Crippen molar-refractivity contribution in [3.05, 3.63) is 71.3 Å². The van der Waals surface area contributed by atoms with E-state index in [2.05, 4.69) is 0 Å². The van der Waals surface area contributed by atoms with Crippen LogP contribution in [0.25, 0.3) is 0 Å². The standard InChI is InChI=1S/C18H19FO/c1-13(2)20-18(15-9-4-3-5-10-15)16-11-7-6-8-14(16)12-17(18)19/h3-11,13,17H,12H2,1-2H3/t17-,18+/m0/s1. The van der Waals surface area contributed by atoms with Crippen molar-refractivity contribution in [1.29, 1.82) is 0 Å².